The minimum atomic E-state index is -0.610. The summed E-state index contributed by atoms with van der Waals surface area (Å²) in [6.45, 7) is 1.21. The molecular weight excluding hydrogens is 380 g/mol. The predicted octanol–water partition coefficient (Wildman–Crippen LogP) is 2.29. The number of hydrogen-bond acceptors (Lipinski definition) is 6. The summed E-state index contributed by atoms with van der Waals surface area (Å²) in [6, 6.07) is 10.1. The van der Waals surface area contributed by atoms with Gasteiger partial charge in [-0.2, -0.15) is 0 Å². The third-order valence-corrected chi connectivity index (χ3v) is 4.65. The van der Waals surface area contributed by atoms with Crippen LogP contribution in [-0.4, -0.2) is 42.7 Å². The number of para-hydroxylation sites is 2. The number of nitrogens with zero attached hydrogens (tertiary/aromatic N) is 2. The maximum atomic E-state index is 12.4. The minimum absolute atomic E-state index is 0.0861. The van der Waals surface area contributed by atoms with Gasteiger partial charge in [-0.15, -0.1) is 0 Å². The van der Waals surface area contributed by atoms with Crippen LogP contribution in [0.25, 0.3) is 0 Å². The summed E-state index contributed by atoms with van der Waals surface area (Å²) in [4.78, 5) is 36.8. The van der Waals surface area contributed by atoms with Crippen molar-refractivity contribution in [2.45, 2.75) is 12.5 Å². The number of fused-ring (bicyclic) bond motifs is 1. The smallest absolute Gasteiger partial charge is 0.319 e. The topological polar surface area (TPSA) is 123 Å². The Morgan fingerprint density at radius 1 is 1.14 bits per heavy atom. The Balaban J connectivity index is 1.41. The molecule has 4 rings (SSSR count). The van der Waals surface area contributed by atoms with E-state index in [2.05, 4.69) is 10.6 Å². The molecule has 10 nitrogen and oxygen atoms in total. The number of anilines is 2. The van der Waals surface area contributed by atoms with Crippen LogP contribution in [0, 0.1) is 10.1 Å². The Kier molecular flexibility index (Phi) is 4.90. The van der Waals surface area contributed by atoms with Crippen molar-refractivity contribution in [1.29, 1.82) is 0 Å². The largest absolute Gasteiger partial charge is 0.486 e. The molecule has 2 aromatic carbocycles. The monoisotopic (exact) mass is 398 g/mol. The summed E-state index contributed by atoms with van der Waals surface area (Å²) >= 11 is 0. The fourth-order valence-electron chi connectivity index (χ4n) is 3.34. The van der Waals surface area contributed by atoms with Crippen molar-refractivity contribution >= 4 is 29.0 Å². The summed E-state index contributed by atoms with van der Waals surface area (Å²) < 4.78 is 11.0. The first kappa shape index (κ1) is 18.5. The maximum absolute atomic E-state index is 12.4. The number of amides is 3. The van der Waals surface area contributed by atoms with E-state index in [-0.39, 0.29) is 30.2 Å². The van der Waals surface area contributed by atoms with Crippen LogP contribution in [0.5, 0.6) is 11.5 Å². The van der Waals surface area contributed by atoms with Gasteiger partial charge in [0, 0.05) is 30.8 Å². The number of carbonyl (C=O) groups excluding carboxylic acids is 2. The lowest BCUT2D eigenvalue weighted by molar-refractivity contribution is -0.383. The molecule has 0 aliphatic carbocycles. The Bertz CT molecular complexity index is 979. The average molecular weight is 398 g/mol. The highest BCUT2D eigenvalue weighted by molar-refractivity contribution is 5.98. The van der Waals surface area contributed by atoms with Crippen LogP contribution in [0.15, 0.2) is 42.5 Å². The highest BCUT2D eigenvalue weighted by Crippen LogP contribution is 2.35. The molecule has 0 aromatic heterocycles. The number of ether oxygens (including phenoxy) is 2. The van der Waals surface area contributed by atoms with Crippen molar-refractivity contribution < 1.29 is 24.0 Å². The number of nitrogens with one attached hydrogen (secondary N) is 2. The Morgan fingerprint density at radius 2 is 1.90 bits per heavy atom. The van der Waals surface area contributed by atoms with Crippen LogP contribution in [0.2, 0.25) is 0 Å². The van der Waals surface area contributed by atoms with Crippen LogP contribution in [0.4, 0.5) is 21.9 Å². The molecule has 150 valence electrons. The van der Waals surface area contributed by atoms with E-state index >= 15 is 0 Å². The summed E-state index contributed by atoms with van der Waals surface area (Å²) in [5, 5.41) is 16.2. The summed E-state index contributed by atoms with van der Waals surface area (Å²) in [5.74, 6) is 1.06. The van der Waals surface area contributed by atoms with Crippen LogP contribution >= 0.6 is 0 Å². The van der Waals surface area contributed by atoms with Gasteiger partial charge >= 0.3 is 6.03 Å². The van der Waals surface area contributed by atoms with Crippen molar-refractivity contribution in [2.24, 2.45) is 0 Å². The van der Waals surface area contributed by atoms with Crippen molar-refractivity contribution in [2.75, 3.05) is 30.0 Å². The molecule has 0 spiro atoms. The molecular formula is C19H18N4O6. The first-order valence-electron chi connectivity index (χ1n) is 9.02. The first-order chi connectivity index (χ1) is 14.0. The van der Waals surface area contributed by atoms with Crippen molar-refractivity contribution in [3.63, 3.8) is 0 Å². The van der Waals surface area contributed by atoms with Crippen molar-refractivity contribution in [3.8, 4) is 11.5 Å². The zero-order chi connectivity index (χ0) is 20.4. The normalized spacial score (nSPS) is 17.7. The molecule has 1 fully saturated rings. The van der Waals surface area contributed by atoms with E-state index in [0.29, 0.717) is 30.4 Å². The fraction of sp³-hybridized carbons (Fsp3) is 0.263. The zero-order valence-corrected chi connectivity index (χ0v) is 15.3. The first-order valence-corrected chi connectivity index (χ1v) is 9.02. The number of nitro groups is 1. The van der Waals surface area contributed by atoms with Crippen LogP contribution in [0.3, 0.4) is 0 Å². The zero-order valence-electron chi connectivity index (χ0n) is 15.3. The van der Waals surface area contributed by atoms with Crippen molar-refractivity contribution in [3.05, 3.63) is 52.6 Å². The van der Waals surface area contributed by atoms with E-state index < -0.39 is 17.0 Å². The van der Waals surface area contributed by atoms with Gasteiger partial charge in [0.05, 0.1) is 11.0 Å². The second kappa shape index (κ2) is 7.66. The fourth-order valence-corrected chi connectivity index (χ4v) is 3.34. The molecule has 2 aliphatic heterocycles. The summed E-state index contributed by atoms with van der Waals surface area (Å²) in [7, 11) is 0. The highest BCUT2D eigenvalue weighted by Gasteiger charge is 2.32. The van der Waals surface area contributed by atoms with E-state index in [4.69, 9.17) is 9.47 Å². The number of nitro benzene ring substituents is 1. The number of urea groups is 1. The lowest BCUT2D eigenvalue weighted by Crippen LogP contribution is -2.39. The number of benzene rings is 2. The molecule has 2 N–H and O–H groups in total. The molecule has 3 amide bonds. The van der Waals surface area contributed by atoms with Gasteiger partial charge in [-0.1, -0.05) is 12.1 Å². The van der Waals surface area contributed by atoms with Gasteiger partial charge in [-0.25, -0.2) is 4.79 Å². The minimum Gasteiger partial charge on any atom is -0.486 e. The Morgan fingerprint density at radius 3 is 2.69 bits per heavy atom. The number of hydrogen-bond donors (Lipinski definition) is 2. The molecule has 10 heteroatoms. The molecule has 2 heterocycles. The second-order valence-electron chi connectivity index (χ2n) is 6.61. The maximum Gasteiger partial charge on any atom is 0.319 e. The third-order valence-electron chi connectivity index (χ3n) is 4.65. The standard InChI is InChI=1S/C19H18N4O6/c24-18-9-12(20-19(25)21-14-3-1-2-4-15(14)23(26)27)11-22(18)13-5-6-16-17(10-13)29-8-7-28-16/h1-6,10,12H,7-9,11H2,(H2,20,21,25). The third kappa shape index (κ3) is 3.91. The molecule has 1 atom stereocenters. The van der Waals surface area contributed by atoms with Crippen LogP contribution < -0.4 is 25.0 Å². The molecule has 0 bridgehead atoms. The van der Waals surface area contributed by atoms with E-state index in [1.165, 1.54) is 18.2 Å². The second-order valence-corrected chi connectivity index (χ2v) is 6.61. The lowest BCUT2D eigenvalue weighted by atomic mass is 10.2. The SMILES string of the molecule is O=C(Nc1ccccc1[N+](=O)[O-])NC1CC(=O)N(c2ccc3c(c2)OCCO3)C1. The van der Waals surface area contributed by atoms with Gasteiger partial charge in [0.2, 0.25) is 5.91 Å². The molecule has 29 heavy (non-hydrogen) atoms. The van der Waals surface area contributed by atoms with Gasteiger partial charge in [-0.3, -0.25) is 14.9 Å². The van der Waals surface area contributed by atoms with E-state index in [1.807, 2.05) is 0 Å². The van der Waals surface area contributed by atoms with Crippen LogP contribution in [0.1, 0.15) is 6.42 Å². The highest BCUT2D eigenvalue weighted by atomic mass is 16.6. The number of carbonyl (C=O) groups is 2. The average Bonchev–Trinajstić information content (AvgIpc) is 3.07. The lowest BCUT2D eigenvalue weighted by Gasteiger charge is -2.22. The number of rotatable bonds is 4. The predicted molar refractivity (Wildman–Crippen MR) is 103 cm³/mol. The van der Waals surface area contributed by atoms with Gasteiger partial charge in [0.25, 0.3) is 5.69 Å². The van der Waals surface area contributed by atoms with Gasteiger partial charge in [-0.05, 0) is 18.2 Å². The molecule has 1 unspecified atom stereocenters. The van der Waals surface area contributed by atoms with Gasteiger partial charge in [0.1, 0.15) is 18.9 Å². The van der Waals surface area contributed by atoms with E-state index in [0.717, 1.165) is 0 Å². The summed E-state index contributed by atoms with van der Waals surface area (Å²) in [5.41, 5.74) is 0.536. The Labute approximate surface area is 165 Å². The molecule has 1 saturated heterocycles. The van der Waals surface area contributed by atoms with E-state index in [9.17, 15) is 19.7 Å². The molecule has 2 aliphatic rings. The molecule has 0 radical (unpaired) electrons. The summed E-state index contributed by atoms with van der Waals surface area (Å²) in [6.07, 6.45) is 0.124. The quantitative estimate of drug-likeness (QED) is 0.602. The molecule has 2 aromatic rings. The van der Waals surface area contributed by atoms with Gasteiger partial charge in [0.15, 0.2) is 11.5 Å². The Hall–Kier alpha value is -3.82. The molecule has 0 saturated carbocycles. The van der Waals surface area contributed by atoms with Crippen molar-refractivity contribution in [1.82, 2.24) is 5.32 Å². The van der Waals surface area contributed by atoms with Gasteiger partial charge < -0.3 is 25.0 Å². The van der Waals surface area contributed by atoms with Crippen LogP contribution in [-0.2, 0) is 4.79 Å². The van der Waals surface area contributed by atoms with E-state index in [1.54, 1.807) is 29.2 Å².